The zero-order chi connectivity index (χ0) is 11.4. The molecule has 0 amide bonds. The zero-order valence-electron chi connectivity index (χ0n) is 9.16. The molecule has 0 fully saturated rings. The Hall–Kier alpha value is -2.17. The van der Waals surface area contributed by atoms with Crippen molar-refractivity contribution in [3.05, 3.63) is 36.7 Å². The van der Waals surface area contributed by atoms with Crippen LogP contribution in [0.5, 0.6) is 5.75 Å². The highest BCUT2D eigenvalue weighted by molar-refractivity contribution is 5.40. The summed E-state index contributed by atoms with van der Waals surface area (Å²) >= 11 is 0. The fraction of sp³-hybridized carbons (Fsp3) is 0.182. The van der Waals surface area contributed by atoms with Crippen LogP contribution in [0.3, 0.4) is 0 Å². The number of hydrogen-bond donors (Lipinski definition) is 0. The van der Waals surface area contributed by atoms with E-state index in [0.717, 1.165) is 11.4 Å². The summed E-state index contributed by atoms with van der Waals surface area (Å²) in [5.74, 6) is 1.38. The van der Waals surface area contributed by atoms with Gasteiger partial charge in [-0.15, -0.1) is 10.2 Å². The number of ether oxygens (including phenoxy) is 1. The third kappa shape index (κ3) is 2.25. The molecule has 0 aliphatic heterocycles. The Bertz CT molecular complexity index is 487. The lowest BCUT2D eigenvalue weighted by Crippen LogP contribution is -1.82. The number of rotatable bonds is 3. The van der Waals surface area contributed by atoms with Crippen molar-refractivity contribution in [2.24, 2.45) is 17.3 Å². The monoisotopic (exact) mass is 216 g/mol. The molecule has 0 saturated carbocycles. The molecule has 2 aromatic rings. The number of benzene rings is 1. The first-order chi connectivity index (χ1) is 7.79. The molecule has 0 aliphatic carbocycles. The molecular formula is C11H12N4O. The lowest BCUT2D eigenvalue weighted by atomic mass is 10.3. The summed E-state index contributed by atoms with van der Waals surface area (Å²) in [6.45, 7) is 0. The van der Waals surface area contributed by atoms with E-state index in [2.05, 4.69) is 15.2 Å². The second-order valence-electron chi connectivity index (χ2n) is 3.24. The highest BCUT2D eigenvalue weighted by Gasteiger charge is 1.95. The number of azo groups is 1. The molecule has 1 aromatic carbocycles. The number of nitrogens with zero attached hydrogens (tertiary/aromatic N) is 4. The first-order valence-electron chi connectivity index (χ1n) is 4.83. The summed E-state index contributed by atoms with van der Waals surface area (Å²) in [5.41, 5.74) is 0.767. The first-order valence-corrected chi connectivity index (χ1v) is 4.83. The topological polar surface area (TPSA) is 51.8 Å². The van der Waals surface area contributed by atoms with Crippen LogP contribution in [0.2, 0.25) is 0 Å². The van der Waals surface area contributed by atoms with Crippen molar-refractivity contribution in [1.82, 2.24) is 9.55 Å². The van der Waals surface area contributed by atoms with Gasteiger partial charge in [0.2, 0.25) is 5.95 Å². The fourth-order valence-electron chi connectivity index (χ4n) is 1.21. The Kier molecular flexibility index (Phi) is 2.95. The standard InChI is InChI=1S/C11H12N4O/c1-15-8-7-12-11(15)14-13-9-3-5-10(16-2)6-4-9/h3-8H,1-2H3/b14-13+. The molecule has 0 aliphatic rings. The van der Waals surface area contributed by atoms with Crippen LogP contribution in [0.1, 0.15) is 0 Å². The predicted octanol–water partition coefficient (Wildman–Crippen LogP) is 2.84. The number of hydrogen-bond acceptors (Lipinski definition) is 4. The Morgan fingerprint density at radius 1 is 1.19 bits per heavy atom. The molecule has 5 nitrogen and oxygen atoms in total. The molecule has 0 atom stereocenters. The van der Waals surface area contributed by atoms with Gasteiger partial charge in [-0.3, -0.25) is 0 Å². The van der Waals surface area contributed by atoms with Crippen molar-refractivity contribution in [1.29, 1.82) is 0 Å². The second kappa shape index (κ2) is 4.57. The molecule has 0 saturated heterocycles. The number of imidazole rings is 1. The lowest BCUT2D eigenvalue weighted by Gasteiger charge is -1.98. The number of aryl methyl sites for hydroxylation is 1. The molecule has 82 valence electrons. The summed E-state index contributed by atoms with van der Waals surface area (Å²) < 4.78 is 6.85. The van der Waals surface area contributed by atoms with Crippen LogP contribution in [0.4, 0.5) is 11.6 Å². The van der Waals surface area contributed by atoms with E-state index in [1.54, 1.807) is 17.9 Å². The van der Waals surface area contributed by atoms with Crippen LogP contribution in [0.25, 0.3) is 0 Å². The summed E-state index contributed by atoms with van der Waals surface area (Å²) in [4.78, 5) is 4.04. The van der Waals surface area contributed by atoms with Crippen LogP contribution in [-0.4, -0.2) is 16.7 Å². The molecule has 16 heavy (non-hydrogen) atoms. The van der Waals surface area contributed by atoms with Crippen LogP contribution >= 0.6 is 0 Å². The Morgan fingerprint density at radius 2 is 1.94 bits per heavy atom. The van der Waals surface area contributed by atoms with E-state index in [4.69, 9.17) is 4.74 Å². The molecule has 0 spiro atoms. The summed E-state index contributed by atoms with van der Waals surface area (Å²) in [6.07, 6.45) is 3.50. The quantitative estimate of drug-likeness (QED) is 0.741. The van der Waals surface area contributed by atoms with Gasteiger partial charge in [-0.2, -0.15) is 0 Å². The molecule has 1 heterocycles. The van der Waals surface area contributed by atoms with Gasteiger partial charge in [0.05, 0.1) is 12.8 Å². The maximum Gasteiger partial charge on any atom is 0.249 e. The highest BCUT2D eigenvalue weighted by Crippen LogP contribution is 2.19. The van der Waals surface area contributed by atoms with Crippen LogP contribution in [0.15, 0.2) is 46.9 Å². The summed E-state index contributed by atoms with van der Waals surface area (Å²) in [7, 11) is 3.50. The average molecular weight is 216 g/mol. The van der Waals surface area contributed by atoms with Crippen LogP contribution in [-0.2, 0) is 7.05 Å². The third-order valence-corrected chi connectivity index (χ3v) is 2.12. The average Bonchev–Trinajstić information content (AvgIpc) is 2.73. The first kappa shape index (κ1) is 10.4. The molecule has 2 rings (SSSR count). The van der Waals surface area contributed by atoms with Gasteiger partial charge in [0, 0.05) is 19.4 Å². The predicted molar refractivity (Wildman–Crippen MR) is 60.4 cm³/mol. The lowest BCUT2D eigenvalue weighted by molar-refractivity contribution is 0.415. The molecular weight excluding hydrogens is 204 g/mol. The third-order valence-electron chi connectivity index (χ3n) is 2.12. The van der Waals surface area contributed by atoms with Gasteiger partial charge >= 0.3 is 0 Å². The SMILES string of the molecule is COc1ccc(/N=N/c2nccn2C)cc1. The maximum atomic E-state index is 5.05. The maximum absolute atomic E-state index is 5.05. The molecule has 0 bridgehead atoms. The van der Waals surface area contributed by atoms with Crippen molar-refractivity contribution in [3.8, 4) is 5.75 Å². The van der Waals surface area contributed by atoms with Gasteiger partial charge < -0.3 is 9.30 Å². The van der Waals surface area contributed by atoms with Crippen molar-refractivity contribution in [3.63, 3.8) is 0 Å². The highest BCUT2D eigenvalue weighted by atomic mass is 16.5. The minimum atomic E-state index is 0.579. The van der Waals surface area contributed by atoms with E-state index in [1.807, 2.05) is 37.5 Å². The van der Waals surface area contributed by atoms with Gasteiger partial charge in [0.1, 0.15) is 5.75 Å². The summed E-state index contributed by atoms with van der Waals surface area (Å²) in [5, 5.41) is 8.10. The number of methoxy groups -OCH3 is 1. The molecule has 0 N–H and O–H groups in total. The van der Waals surface area contributed by atoms with Gasteiger partial charge in [-0.05, 0) is 24.3 Å². The molecule has 0 radical (unpaired) electrons. The van der Waals surface area contributed by atoms with E-state index >= 15 is 0 Å². The van der Waals surface area contributed by atoms with Crippen molar-refractivity contribution < 1.29 is 4.74 Å². The largest absolute Gasteiger partial charge is 0.497 e. The normalized spacial score (nSPS) is 10.9. The van der Waals surface area contributed by atoms with E-state index in [0.29, 0.717) is 5.95 Å². The Labute approximate surface area is 93.4 Å². The van der Waals surface area contributed by atoms with Gasteiger partial charge in [-0.1, -0.05) is 0 Å². The molecule has 0 unspecified atom stereocenters. The smallest absolute Gasteiger partial charge is 0.249 e. The second-order valence-corrected chi connectivity index (χ2v) is 3.24. The van der Waals surface area contributed by atoms with E-state index in [9.17, 15) is 0 Å². The van der Waals surface area contributed by atoms with E-state index in [1.165, 1.54) is 0 Å². The van der Waals surface area contributed by atoms with Crippen molar-refractivity contribution >= 4 is 11.6 Å². The van der Waals surface area contributed by atoms with E-state index in [-0.39, 0.29) is 0 Å². The minimum absolute atomic E-state index is 0.579. The number of aromatic nitrogens is 2. The van der Waals surface area contributed by atoms with Crippen LogP contribution in [0, 0.1) is 0 Å². The minimum Gasteiger partial charge on any atom is -0.497 e. The van der Waals surface area contributed by atoms with Gasteiger partial charge in [0.15, 0.2) is 0 Å². The van der Waals surface area contributed by atoms with Crippen LogP contribution < -0.4 is 4.74 Å². The zero-order valence-corrected chi connectivity index (χ0v) is 9.16. The van der Waals surface area contributed by atoms with Gasteiger partial charge in [-0.25, -0.2) is 4.98 Å². The molecule has 5 heteroatoms. The Balaban J connectivity index is 2.14. The molecule has 1 aromatic heterocycles. The summed E-state index contributed by atoms with van der Waals surface area (Å²) in [6, 6.07) is 7.36. The van der Waals surface area contributed by atoms with Gasteiger partial charge in [0.25, 0.3) is 0 Å². The van der Waals surface area contributed by atoms with Crippen molar-refractivity contribution in [2.75, 3.05) is 7.11 Å². The van der Waals surface area contributed by atoms with Crippen molar-refractivity contribution in [2.45, 2.75) is 0 Å². The Morgan fingerprint density at radius 3 is 2.50 bits per heavy atom. The fourth-order valence-corrected chi connectivity index (χ4v) is 1.21. The van der Waals surface area contributed by atoms with E-state index < -0.39 is 0 Å².